The third-order valence-electron chi connectivity index (χ3n) is 0.440. The molecule has 0 spiro atoms. The Morgan fingerprint density at radius 3 is 1.10 bits per heavy atom. The van der Waals surface area contributed by atoms with Gasteiger partial charge in [-0.3, -0.25) is 0 Å². The summed E-state index contributed by atoms with van der Waals surface area (Å²) in [7, 11) is 3.91. The van der Waals surface area contributed by atoms with Gasteiger partial charge >= 0.3 is 0 Å². The second-order valence-corrected chi connectivity index (χ2v) is 5.72. The van der Waals surface area contributed by atoms with E-state index in [9.17, 15) is 0 Å². The van der Waals surface area contributed by atoms with Crippen molar-refractivity contribution in [2.24, 2.45) is 0 Å². The van der Waals surface area contributed by atoms with Crippen molar-refractivity contribution in [2.75, 3.05) is 0 Å². The molecule has 1 nitrogen and oxygen atoms in total. The van der Waals surface area contributed by atoms with Gasteiger partial charge in [0, 0.05) is 31.6 Å². The van der Waals surface area contributed by atoms with Crippen molar-refractivity contribution in [3.63, 3.8) is 0 Å². The van der Waals surface area contributed by atoms with Gasteiger partial charge in [-0.1, -0.05) is 49.3 Å². The predicted octanol–water partition coefficient (Wildman–Crippen LogP) is 2.36. The first-order valence-corrected chi connectivity index (χ1v) is 5.22. The average Bonchev–Trinajstić information content (AvgIpc) is 1.61. The van der Waals surface area contributed by atoms with Crippen molar-refractivity contribution in [3.05, 3.63) is 0 Å². The number of hydrogen-bond acceptors (Lipinski definition) is 2. The molecule has 0 rings (SSSR count). The second-order valence-electron chi connectivity index (χ2n) is 2.29. The summed E-state index contributed by atoms with van der Waals surface area (Å²) in [6.45, 7) is 8.89. The summed E-state index contributed by atoms with van der Waals surface area (Å²) in [6.07, 6.45) is 0. The maximum atomic E-state index is 2.22. The zero-order chi connectivity index (χ0) is 6.57. The van der Waals surface area contributed by atoms with Crippen LogP contribution in [0.5, 0.6) is 0 Å². The van der Waals surface area contributed by atoms with E-state index in [2.05, 4.69) is 27.7 Å². The Bertz CT molecular complexity index is 51.7. The summed E-state index contributed by atoms with van der Waals surface area (Å²) in [6, 6.07) is 0. The molecule has 0 radical (unpaired) electrons. The van der Waals surface area contributed by atoms with E-state index in [1.807, 2.05) is 21.6 Å². The first kappa shape index (κ1) is 17.4. The molecule has 0 aliphatic carbocycles. The fourth-order valence-corrected chi connectivity index (χ4v) is 2.00. The van der Waals surface area contributed by atoms with Gasteiger partial charge in [-0.15, -0.1) is 0 Å². The number of rotatable bonds is 3. The van der Waals surface area contributed by atoms with Crippen LogP contribution in [0, 0.1) is 0 Å². The van der Waals surface area contributed by atoms with Crippen LogP contribution in [0.1, 0.15) is 27.7 Å². The van der Waals surface area contributed by atoms with Crippen LogP contribution in [0.15, 0.2) is 0 Å². The Kier molecular flexibility index (Phi) is 18.0. The molecule has 0 bridgehead atoms. The maximum Gasteiger partial charge on any atom is 0.00945 e. The van der Waals surface area contributed by atoms with E-state index < -0.39 is 0 Å². The summed E-state index contributed by atoms with van der Waals surface area (Å²) in [5, 5.41) is 1.53. The molecule has 64 valence electrons. The van der Waals surface area contributed by atoms with Crippen molar-refractivity contribution in [3.8, 4) is 0 Å². The van der Waals surface area contributed by atoms with E-state index in [0.29, 0.717) is 0 Å². The molecule has 0 fully saturated rings. The Hall–Kier alpha value is 1.35. The molecular formula is C6H16MoOS2. The van der Waals surface area contributed by atoms with E-state index in [1.165, 1.54) is 0 Å². The van der Waals surface area contributed by atoms with Gasteiger partial charge in [-0.05, 0) is 0 Å². The topological polar surface area (TPSA) is 31.5 Å². The van der Waals surface area contributed by atoms with Gasteiger partial charge in [-0.25, -0.2) is 0 Å². The summed E-state index contributed by atoms with van der Waals surface area (Å²) in [4.78, 5) is 0. The molecule has 0 aromatic carbocycles. The first-order valence-electron chi connectivity index (χ1n) is 2.95. The maximum absolute atomic E-state index is 2.22. The largest absolute Gasteiger partial charge is 0.412 e. The van der Waals surface area contributed by atoms with E-state index in [4.69, 9.17) is 0 Å². The Balaban J connectivity index is -0.000000245. The van der Waals surface area contributed by atoms with Gasteiger partial charge in [0.05, 0.1) is 0 Å². The summed E-state index contributed by atoms with van der Waals surface area (Å²) in [5.74, 6) is 0. The van der Waals surface area contributed by atoms with E-state index >= 15 is 0 Å². The van der Waals surface area contributed by atoms with E-state index in [0.717, 1.165) is 10.5 Å². The Morgan fingerprint density at radius 1 is 0.800 bits per heavy atom. The molecule has 10 heavy (non-hydrogen) atoms. The molecular weight excluding hydrogens is 248 g/mol. The molecule has 4 heteroatoms. The molecule has 0 saturated carbocycles. The van der Waals surface area contributed by atoms with Gasteiger partial charge in [-0.2, -0.15) is 0 Å². The molecule has 0 heterocycles. The minimum atomic E-state index is 0. The minimum Gasteiger partial charge on any atom is -0.412 e. The van der Waals surface area contributed by atoms with E-state index in [1.54, 1.807) is 0 Å². The van der Waals surface area contributed by atoms with Gasteiger partial charge in [0.2, 0.25) is 0 Å². The zero-order valence-corrected chi connectivity index (χ0v) is 10.5. The SMILES string of the molecule is CC(C)SSC(C)C.O.[Mo]. The Labute approximate surface area is 86.1 Å². The van der Waals surface area contributed by atoms with Crippen LogP contribution in [0.25, 0.3) is 0 Å². The monoisotopic (exact) mass is 266 g/mol. The Morgan fingerprint density at radius 2 is 1.00 bits per heavy atom. The summed E-state index contributed by atoms with van der Waals surface area (Å²) < 4.78 is 0. The average molecular weight is 264 g/mol. The molecule has 0 saturated heterocycles. The fraction of sp³-hybridized carbons (Fsp3) is 1.00. The van der Waals surface area contributed by atoms with Crippen LogP contribution in [-0.4, -0.2) is 16.0 Å². The van der Waals surface area contributed by atoms with Gasteiger partial charge in [0.25, 0.3) is 0 Å². The van der Waals surface area contributed by atoms with Crippen molar-refractivity contribution < 1.29 is 26.5 Å². The molecule has 0 aromatic heterocycles. The third kappa shape index (κ3) is 16.2. The van der Waals surface area contributed by atoms with Crippen molar-refractivity contribution in [1.29, 1.82) is 0 Å². The molecule has 0 aliphatic rings. The molecule has 0 aliphatic heterocycles. The van der Waals surface area contributed by atoms with Gasteiger partial charge < -0.3 is 5.48 Å². The normalized spacial score (nSPS) is 9.00. The zero-order valence-electron chi connectivity index (χ0n) is 6.88. The molecule has 0 atom stereocenters. The van der Waals surface area contributed by atoms with Gasteiger partial charge in [0.1, 0.15) is 0 Å². The van der Waals surface area contributed by atoms with E-state index in [-0.39, 0.29) is 26.5 Å². The van der Waals surface area contributed by atoms with Crippen molar-refractivity contribution in [2.45, 2.75) is 38.2 Å². The molecule has 0 amide bonds. The van der Waals surface area contributed by atoms with Crippen LogP contribution in [0.2, 0.25) is 0 Å². The van der Waals surface area contributed by atoms with Crippen molar-refractivity contribution in [1.82, 2.24) is 0 Å². The van der Waals surface area contributed by atoms with Gasteiger partial charge in [0.15, 0.2) is 0 Å². The number of hydrogen-bond donors (Lipinski definition) is 0. The first-order chi connectivity index (χ1) is 3.63. The van der Waals surface area contributed by atoms with Crippen molar-refractivity contribution >= 4 is 21.6 Å². The van der Waals surface area contributed by atoms with Crippen LogP contribution < -0.4 is 0 Å². The quantitative estimate of drug-likeness (QED) is 0.579. The predicted molar refractivity (Wildman–Crippen MR) is 49.1 cm³/mol. The van der Waals surface area contributed by atoms with Crippen LogP contribution in [-0.2, 0) is 21.1 Å². The van der Waals surface area contributed by atoms with Crippen LogP contribution >= 0.6 is 21.6 Å². The second kappa shape index (κ2) is 10.3. The fourth-order valence-electron chi connectivity index (χ4n) is 0.222. The third-order valence-corrected chi connectivity index (χ3v) is 3.96. The summed E-state index contributed by atoms with van der Waals surface area (Å²) in [5.41, 5.74) is 0. The molecule has 2 N–H and O–H groups in total. The van der Waals surface area contributed by atoms with Crippen LogP contribution in [0.4, 0.5) is 0 Å². The summed E-state index contributed by atoms with van der Waals surface area (Å²) >= 11 is 0. The molecule has 0 unspecified atom stereocenters. The molecule has 0 aromatic rings. The minimum absolute atomic E-state index is 0. The standard InChI is InChI=1S/C6H14S2.Mo.H2O/c1-5(2)7-8-6(3)4;;/h5-6H,1-4H3;;1H2. The van der Waals surface area contributed by atoms with Crippen LogP contribution in [0.3, 0.4) is 0 Å². The smallest absolute Gasteiger partial charge is 0.00945 e.